The zero-order chi connectivity index (χ0) is 15.9. The Kier molecular flexibility index (Phi) is 6.79. The molecule has 0 radical (unpaired) electrons. The van der Waals surface area contributed by atoms with Gasteiger partial charge in [0.15, 0.2) is 0 Å². The Balaban J connectivity index is 2.63. The Morgan fingerprint density at radius 2 is 2.24 bits per heavy atom. The van der Waals surface area contributed by atoms with Crippen LogP contribution < -0.4 is 4.72 Å². The van der Waals surface area contributed by atoms with E-state index in [1.807, 2.05) is 6.92 Å². The molecule has 8 nitrogen and oxygen atoms in total. The second-order valence-corrected chi connectivity index (χ2v) is 6.49. The number of aryl methyl sites for hydroxylation is 1. The van der Waals surface area contributed by atoms with Crippen molar-refractivity contribution in [1.29, 1.82) is 0 Å². The number of carboxylic acids is 1. The zero-order valence-corrected chi connectivity index (χ0v) is 12.7. The first-order valence-corrected chi connectivity index (χ1v) is 8.22. The number of nitrogens with zero attached hydrogens (tertiary/aromatic N) is 2. The fourth-order valence-corrected chi connectivity index (χ4v) is 2.83. The number of rotatable bonds is 10. The molecule has 1 aromatic rings. The van der Waals surface area contributed by atoms with E-state index >= 15 is 0 Å². The summed E-state index contributed by atoms with van der Waals surface area (Å²) in [5, 5.41) is 21.3. The zero-order valence-electron chi connectivity index (χ0n) is 11.9. The molecule has 0 aliphatic rings. The molecule has 3 N–H and O–H groups in total. The second-order valence-electron chi connectivity index (χ2n) is 4.72. The molecule has 0 fully saturated rings. The topological polar surface area (TPSA) is 122 Å². The summed E-state index contributed by atoms with van der Waals surface area (Å²) in [5.41, 5.74) is 0. The highest BCUT2D eigenvalue weighted by molar-refractivity contribution is 7.89. The van der Waals surface area contributed by atoms with Gasteiger partial charge in [-0.3, -0.25) is 9.48 Å². The molecule has 0 bridgehead atoms. The third-order valence-corrected chi connectivity index (χ3v) is 4.53. The Hall–Kier alpha value is -1.45. The molecule has 1 unspecified atom stereocenters. The van der Waals surface area contributed by atoms with Gasteiger partial charge in [0.1, 0.15) is 4.90 Å². The SMILES string of the molecule is CCC(CCO)CNS(=O)(=O)c1cnn(CCC(=O)O)c1. The third-order valence-electron chi connectivity index (χ3n) is 3.15. The van der Waals surface area contributed by atoms with Gasteiger partial charge in [0.05, 0.1) is 19.2 Å². The summed E-state index contributed by atoms with van der Waals surface area (Å²) in [7, 11) is -3.66. The largest absolute Gasteiger partial charge is 0.481 e. The first kappa shape index (κ1) is 17.6. The van der Waals surface area contributed by atoms with E-state index in [2.05, 4.69) is 9.82 Å². The average Bonchev–Trinajstić information content (AvgIpc) is 2.91. The Morgan fingerprint density at radius 1 is 1.52 bits per heavy atom. The van der Waals surface area contributed by atoms with Crippen molar-refractivity contribution in [3.63, 3.8) is 0 Å². The van der Waals surface area contributed by atoms with Crippen LogP contribution in [-0.4, -0.2) is 47.5 Å². The van der Waals surface area contributed by atoms with Crippen LogP contribution >= 0.6 is 0 Å². The van der Waals surface area contributed by atoms with Crippen LogP contribution in [0.15, 0.2) is 17.3 Å². The summed E-state index contributed by atoms with van der Waals surface area (Å²) >= 11 is 0. The molecule has 0 saturated heterocycles. The predicted octanol–water partition coefficient (Wildman–Crippen LogP) is 0.0447. The maximum Gasteiger partial charge on any atom is 0.305 e. The molecule has 120 valence electrons. The number of carboxylic acid groups (broad SMARTS) is 1. The molecule has 9 heteroatoms. The van der Waals surface area contributed by atoms with Crippen molar-refractivity contribution in [2.24, 2.45) is 5.92 Å². The van der Waals surface area contributed by atoms with E-state index < -0.39 is 16.0 Å². The number of hydrogen-bond acceptors (Lipinski definition) is 5. The molecule has 1 atom stereocenters. The number of sulfonamides is 1. The van der Waals surface area contributed by atoms with E-state index in [9.17, 15) is 13.2 Å². The van der Waals surface area contributed by atoms with Gasteiger partial charge in [0, 0.05) is 19.3 Å². The third kappa shape index (κ3) is 5.82. The van der Waals surface area contributed by atoms with E-state index in [0.29, 0.717) is 6.42 Å². The summed E-state index contributed by atoms with van der Waals surface area (Å²) in [6.45, 7) is 2.32. The molecule has 0 saturated carbocycles. The number of aromatic nitrogens is 2. The fraction of sp³-hybridized carbons (Fsp3) is 0.667. The van der Waals surface area contributed by atoms with Gasteiger partial charge in [-0.1, -0.05) is 13.3 Å². The van der Waals surface area contributed by atoms with Crippen LogP contribution in [0.2, 0.25) is 0 Å². The average molecular weight is 319 g/mol. The number of hydrogen-bond donors (Lipinski definition) is 3. The minimum absolute atomic E-state index is 0.00624. The minimum Gasteiger partial charge on any atom is -0.481 e. The molecule has 21 heavy (non-hydrogen) atoms. The summed E-state index contributed by atoms with van der Waals surface area (Å²) < 4.78 is 27.9. The van der Waals surface area contributed by atoms with E-state index in [1.165, 1.54) is 17.1 Å². The Labute approximate surface area is 123 Å². The van der Waals surface area contributed by atoms with Crippen molar-refractivity contribution in [3.8, 4) is 0 Å². The molecule has 0 aromatic carbocycles. The monoisotopic (exact) mass is 319 g/mol. The molecular formula is C12H21N3O5S. The van der Waals surface area contributed by atoms with Crippen LogP contribution in [0.25, 0.3) is 0 Å². The van der Waals surface area contributed by atoms with Crippen LogP contribution in [0.5, 0.6) is 0 Å². The van der Waals surface area contributed by atoms with Crippen molar-refractivity contribution < 1.29 is 23.4 Å². The van der Waals surface area contributed by atoms with Gasteiger partial charge < -0.3 is 10.2 Å². The van der Waals surface area contributed by atoms with Gasteiger partial charge >= 0.3 is 5.97 Å². The Bertz CT molecular complexity index is 555. The maximum atomic E-state index is 12.1. The quantitative estimate of drug-likeness (QED) is 0.560. The molecular weight excluding hydrogens is 298 g/mol. The minimum atomic E-state index is -3.66. The van der Waals surface area contributed by atoms with Gasteiger partial charge in [0.25, 0.3) is 0 Å². The highest BCUT2D eigenvalue weighted by Crippen LogP contribution is 2.11. The first-order valence-electron chi connectivity index (χ1n) is 6.73. The molecule has 1 aromatic heterocycles. The maximum absolute atomic E-state index is 12.1. The van der Waals surface area contributed by atoms with Crippen molar-refractivity contribution >= 4 is 16.0 Å². The molecule has 1 rings (SSSR count). The fourth-order valence-electron chi connectivity index (χ4n) is 1.76. The standard InChI is InChI=1S/C12H21N3O5S/c1-2-10(4-6-16)7-14-21(19,20)11-8-13-15(9-11)5-3-12(17)18/h8-10,14,16H,2-7H2,1H3,(H,17,18). The smallest absolute Gasteiger partial charge is 0.305 e. The number of nitrogens with one attached hydrogen (secondary N) is 1. The molecule has 0 aliphatic heterocycles. The van der Waals surface area contributed by atoms with E-state index in [-0.39, 0.29) is 36.9 Å². The van der Waals surface area contributed by atoms with Crippen LogP contribution in [0.1, 0.15) is 26.2 Å². The number of carbonyl (C=O) groups is 1. The summed E-state index contributed by atoms with van der Waals surface area (Å²) in [6, 6.07) is 0. The lowest BCUT2D eigenvalue weighted by molar-refractivity contribution is -0.137. The van der Waals surface area contributed by atoms with Gasteiger partial charge in [-0.2, -0.15) is 5.10 Å². The highest BCUT2D eigenvalue weighted by Gasteiger charge is 2.18. The van der Waals surface area contributed by atoms with Crippen LogP contribution in [0.4, 0.5) is 0 Å². The Morgan fingerprint density at radius 3 is 2.81 bits per heavy atom. The molecule has 0 amide bonds. The van der Waals surface area contributed by atoms with Gasteiger partial charge in [-0.05, 0) is 12.3 Å². The number of aliphatic hydroxyl groups excluding tert-OH is 1. The normalized spacial score (nSPS) is 13.2. The lowest BCUT2D eigenvalue weighted by Gasteiger charge is -2.13. The summed E-state index contributed by atoms with van der Waals surface area (Å²) in [5.74, 6) is -0.894. The second kappa shape index (κ2) is 8.11. The highest BCUT2D eigenvalue weighted by atomic mass is 32.2. The van der Waals surface area contributed by atoms with E-state index in [0.717, 1.165) is 6.42 Å². The number of aliphatic hydroxyl groups is 1. The lowest BCUT2D eigenvalue weighted by atomic mass is 10.0. The van der Waals surface area contributed by atoms with E-state index in [1.54, 1.807) is 0 Å². The lowest BCUT2D eigenvalue weighted by Crippen LogP contribution is -2.29. The predicted molar refractivity (Wildman–Crippen MR) is 75.2 cm³/mol. The van der Waals surface area contributed by atoms with Crippen molar-refractivity contribution in [2.45, 2.75) is 37.6 Å². The first-order chi connectivity index (χ1) is 9.89. The van der Waals surface area contributed by atoms with E-state index in [4.69, 9.17) is 10.2 Å². The van der Waals surface area contributed by atoms with Crippen molar-refractivity contribution in [1.82, 2.24) is 14.5 Å². The van der Waals surface area contributed by atoms with Crippen molar-refractivity contribution in [3.05, 3.63) is 12.4 Å². The van der Waals surface area contributed by atoms with Gasteiger partial charge in [-0.15, -0.1) is 0 Å². The van der Waals surface area contributed by atoms with Crippen LogP contribution in [0.3, 0.4) is 0 Å². The summed E-state index contributed by atoms with van der Waals surface area (Å²) in [6.07, 6.45) is 3.68. The molecule has 0 aliphatic carbocycles. The van der Waals surface area contributed by atoms with Crippen LogP contribution in [0, 0.1) is 5.92 Å². The van der Waals surface area contributed by atoms with Gasteiger partial charge in [0.2, 0.25) is 10.0 Å². The summed E-state index contributed by atoms with van der Waals surface area (Å²) in [4.78, 5) is 10.5. The molecule has 0 spiro atoms. The molecule has 1 heterocycles. The van der Waals surface area contributed by atoms with Gasteiger partial charge in [-0.25, -0.2) is 13.1 Å². The number of aliphatic carboxylic acids is 1. The van der Waals surface area contributed by atoms with Crippen LogP contribution in [-0.2, 0) is 21.4 Å². The van der Waals surface area contributed by atoms with Crippen molar-refractivity contribution in [2.75, 3.05) is 13.2 Å².